The second-order valence-electron chi connectivity index (χ2n) is 8.05. The van der Waals surface area contributed by atoms with E-state index in [2.05, 4.69) is 15.1 Å². The van der Waals surface area contributed by atoms with Gasteiger partial charge in [0.1, 0.15) is 10.6 Å². The zero-order valence-electron chi connectivity index (χ0n) is 18.7. The van der Waals surface area contributed by atoms with Gasteiger partial charge >= 0.3 is 5.97 Å². The maximum atomic E-state index is 12.8. The molecule has 2 heterocycles. The van der Waals surface area contributed by atoms with Gasteiger partial charge in [-0.2, -0.15) is 0 Å². The summed E-state index contributed by atoms with van der Waals surface area (Å²) >= 11 is 13.6. The Hall–Kier alpha value is -2.42. The van der Waals surface area contributed by atoms with Gasteiger partial charge in [0, 0.05) is 53.7 Å². The van der Waals surface area contributed by atoms with Gasteiger partial charge in [0.05, 0.1) is 13.7 Å². The van der Waals surface area contributed by atoms with Crippen LogP contribution in [-0.2, 0) is 16.1 Å². The van der Waals surface area contributed by atoms with Gasteiger partial charge < -0.3 is 10.1 Å². The van der Waals surface area contributed by atoms with E-state index in [9.17, 15) is 9.59 Å². The minimum atomic E-state index is -0.468. The minimum Gasteiger partial charge on any atom is -0.465 e. The van der Waals surface area contributed by atoms with Crippen molar-refractivity contribution in [1.82, 2.24) is 9.80 Å². The SMILES string of the molecule is COC(=O)c1c(-c2ccccc2)csc1NC(=O)CN1CCN(Cc2ccc(Cl)cc2Cl)CC1. The van der Waals surface area contributed by atoms with E-state index in [1.807, 2.05) is 47.8 Å². The van der Waals surface area contributed by atoms with Gasteiger partial charge in [-0.3, -0.25) is 14.6 Å². The maximum Gasteiger partial charge on any atom is 0.341 e. The number of amides is 1. The highest BCUT2D eigenvalue weighted by Crippen LogP contribution is 2.36. The first-order valence-corrected chi connectivity index (χ1v) is 12.5. The van der Waals surface area contributed by atoms with Gasteiger partial charge in [-0.1, -0.05) is 59.6 Å². The molecule has 1 aliphatic rings. The number of anilines is 1. The maximum absolute atomic E-state index is 12.8. The standard InChI is InChI=1S/C25H25Cl2N3O3S/c1-33-25(32)23-20(17-5-3-2-4-6-17)16-34-24(23)28-22(31)15-30-11-9-29(10-12-30)14-18-7-8-19(26)13-21(18)27/h2-8,13,16H,9-12,14-15H2,1H3,(H,28,31). The normalized spacial score (nSPS) is 14.7. The van der Waals surface area contributed by atoms with Gasteiger partial charge in [-0.05, 0) is 23.3 Å². The van der Waals surface area contributed by atoms with E-state index >= 15 is 0 Å². The number of hydrogen-bond acceptors (Lipinski definition) is 6. The van der Waals surface area contributed by atoms with E-state index in [4.69, 9.17) is 27.9 Å². The van der Waals surface area contributed by atoms with Crippen molar-refractivity contribution < 1.29 is 14.3 Å². The van der Waals surface area contributed by atoms with Crippen molar-refractivity contribution >= 4 is 51.4 Å². The number of carbonyl (C=O) groups is 2. The van der Waals surface area contributed by atoms with E-state index in [0.29, 0.717) is 20.6 Å². The fourth-order valence-corrected chi connectivity index (χ4v) is 5.39. The van der Waals surface area contributed by atoms with Gasteiger partial charge in [0.25, 0.3) is 0 Å². The van der Waals surface area contributed by atoms with E-state index in [-0.39, 0.29) is 12.5 Å². The first-order chi connectivity index (χ1) is 16.4. The van der Waals surface area contributed by atoms with Crippen molar-refractivity contribution in [3.8, 4) is 11.1 Å². The largest absolute Gasteiger partial charge is 0.465 e. The molecule has 2 aromatic carbocycles. The number of piperazine rings is 1. The third-order valence-corrected chi connectivity index (χ3v) is 7.24. The molecule has 1 aliphatic heterocycles. The molecule has 1 fully saturated rings. The Balaban J connectivity index is 1.35. The molecular weight excluding hydrogens is 493 g/mol. The van der Waals surface area contributed by atoms with E-state index in [1.165, 1.54) is 18.4 Å². The first kappa shape index (κ1) is 24.7. The molecule has 178 valence electrons. The van der Waals surface area contributed by atoms with Gasteiger partial charge in [0.2, 0.25) is 5.91 Å². The Kier molecular flexibility index (Phi) is 8.24. The molecule has 0 bridgehead atoms. The van der Waals surface area contributed by atoms with Crippen LogP contribution < -0.4 is 5.32 Å². The number of rotatable bonds is 7. The lowest BCUT2D eigenvalue weighted by atomic mass is 10.0. The van der Waals surface area contributed by atoms with Crippen LogP contribution in [0.5, 0.6) is 0 Å². The number of halogens is 2. The summed E-state index contributed by atoms with van der Waals surface area (Å²) in [5.41, 5.74) is 3.08. The molecule has 1 aromatic heterocycles. The highest BCUT2D eigenvalue weighted by molar-refractivity contribution is 7.15. The molecule has 0 aliphatic carbocycles. The Labute approximate surface area is 213 Å². The molecule has 4 rings (SSSR count). The van der Waals surface area contributed by atoms with Crippen molar-refractivity contribution in [2.24, 2.45) is 0 Å². The molecule has 0 radical (unpaired) electrons. The lowest BCUT2D eigenvalue weighted by Crippen LogP contribution is -2.48. The smallest absolute Gasteiger partial charge is 0.341 e. The van der Waals surface area contributed by atoms with Crippen molar-refractivity contribution in [1.29, 1.82) is 0 Å². The fourth-order valence-electron chi connectivity index (χ4n) is 3.95. The molecule has 3 aromatic rings. The Morgan fingerprint density at radius 1 is 1.03 bits per heavy atom. The average molecular weight is 518 g/mol. The second kappa shape index (κ2) is 11.3. The van der Waals surface area contributed by atoms with Crippen LogP contribution in [0.15, 0.2) is 53.9 Å². The summed E-state index contributed by atoms with van der Waals surface area (Å²) in [6.45, 7) is 4.20. The third-order valence-electron chi connectivity index (χ3n) is 5.76. The molecule has 0 atom stereocenters. The molecule has 0 unspecified atom stereocenters. The number of methoxy groups -OCH3 is 1. The number of benzene rings is 2. The average Bonchev–Trinajstić information content (AvgIpc) is 3.25. The number of nitrogens with one attached hydrogen (secondary N) is 1. The monoisotopic (exact) mass is 517 g/mol. The number of nitrogens with zero attached hydrogens (tertiary/aromatic N) is 2. The summed E-state index contributed by atoms with van der Waals surface area (Å²) < 4.78 is 4.99. The molecule has 6 nitrogen and oxygen atoms in total. The molecule has 1 saturated heterocycles. The minimum absolute atomic E-state index is 0.152. The predicted molar refractivity (Wildman–Crippen MR) is 138 cm³/mol. The van der Waals surface area contributed by atoms with Crippen molar-refractivity contribution in [3.05, 3.63) is 75.1 Å². The topological polar surface area (TPSA) is 61.9 Å². The van der Waals surface area contributed by atoms with E-state index in [1.54, 1.807) is 6.07 Å². The van der Waals surface area contributed by atoms with Crippen LogP contribution >= 0.6 is 34.5 Å². The molecule has 0 spiro atoms. The van der Waals surface area contributed by atoms with E-state index < -0.39 is 5.97 Å². The Morgan fingerprint density at radius 2 is 1.74 bits per heavy atom. The van der Waals surface area contributed by atoms with Crippen LogP contribution in [0.2, 0.25) is 10.0 Å². The lowest BCUT2D eigenvalue weighted by molar-refractivity contribution is -0.117. The highest BCUT2D eigenvalue weighted by Gasteiger charge is 2.24. The van der Waals surface area contributed by atoms with Crippen LogP contribution in [0.3, 0.4) is 0 Å². The molecule has 9 heteroatoms. The zero-order valence-corrected chi connectivity index (χ0v) is 21.1. The molecule has 1 N–H and O–H groups in total. The van der Waals surface area contributed by atoms with Crippen LogP contribution in [0.1, 0.15) is 15.9 Å². The van der Waals surface area contributed by atoms with Crippen molar-refractivity contribution in [2.75, 3.05) is 45.2 Å². The van der Waals surface area contributed by atoms with E-state index in [0.717, 1.165) is 49.4 Å². The molecule has 34 heavy (non-hydrogen) atoms. The molecular formula is C25H25Cl2N3O3S. The van der Waals surface area contributed by atoms with Crippen molar-refractivity contribution in [3.63, 3.8) is 0 Å². The third kappa shape index (κ3) is 5.98. The fraction of sp³-hybridized carbons (Fsp3) is 0.280. The number of hydrogen-bond donors (Lipinski definition) is 1. The summed E-state index contributed by atoms with van der Waals surface area (Å²) in [5.74, 6) is -0.620. The van der Waals surface area contributed by atoms with Gasteiger partial charge in [-0.25, -0.2) is 4.79 Å². The number of esters is 1. The second-order valence-corrected chi connectivity index (χ2v) is 9.77. The summed E-state index contributed by atoms with van der Waals surface area (Å²) in [7, 11) is 1.34. The first-order valence-electron chi connectivity index (χ1n) is 10.9. The van der Waals surface area contributed by atoms with Gasteiger partial charge in [0.15, 0.2) is 0 Å². The predicted octanol–water partition coefficient (Wildman–Crippen LogP) is 5.26. The lowest BCUT2D eigenvalue weighted by Gasteiger charge is -2.34. The molecule has 1 amide bonds. The summed E-state index contributed by atoms with van der Waals surface area (Å²) in [6, 6.07) is 15.1. The summed E-state index contributed by atoms with van der Waals surface area (Å²) in [6.07, 6.45) is 0. The van der Waals surface area contributed by atoms with Crippen LogP contribution in [-0.4, -0.2) is 61.5 Å². The van der Waals surface area contributed by atoms with Crippen LogP contribution in [0.4, 0.5) is 5.00 Å². The molecule has 0 saturated carbocycles. The van der Waals surface area contributed by atoms with Crippen molar-refractivity contribution in [2.45, 2.75) is 6.54 Å². The number of thiophene rings is 1. The van der Waals surface area contributed by atoms with Crippen LogP contribution in [0.25, 0.3) is 11.1 Å². The van der Waals surface area contributed by atoms with Crippen LogP contribution in [0, 0.1) is 0 Å². The highest BCUT2D eigenvalue weighted by atomic mass is 35.5. The Morgan fingerprint density at radius 3 is 2.41 bits per heavy atom. The quantitative estimate of drug-likeness (QED) is 0.432. The van der Waals surface area contributed by atoms with Gasteiger partial charge in [-0.15, -0.1) is 11.3 Å². The number of carbonyl (C=O) groups excluding carboxylic acids is 2. The Bertz CT molecular complexity index is 1160. The zero-order chi connectivity index (χ0) is 24.1. The summed E-state index contributed by atoms with van der Waals surface area (Å²) in [5, 5.41) is 6.59. The summed E-state index contributed by atoms with van der Waals surface area (Å²) in [4.78, 5) is 29.7. The number of ether oxygens (including phenoxy) is 1.